The minimum atomic E-state index is -3.71. The van der Waals surface area contributed by atoms with Crippen molar-refractivity contribution in [3.05, 3.63) is 84.4 Å². The van der Waals surface area contributed by atoms with Crippen molar-refractivity contribution < 1.29 is 21.6 Å². The molecule has 0 atom stereocenters. The summed E-state index contributed by atoms with van der Waals surface area (Å²) in [7, 11) is -7.18. The number of aryl methyl sites for hydroxylation is 1. The third kappa shape index (κ3) is 4.57. The van der Waals surface area contributed by atoms with Gasteiger partial charge in [0.25, 0.3) is 0 Å². The Hall–Kier alpha value is -2.68. The number of rotatable bonds is 6. The molecular weight excluding hydrogens is 446 g/mol. The summed E-state index contributed by atoms with van der Waals surface area (Å²) in [6.45, 7) is 2.27. The van der Waals surface area contributed by atoms with Crippen LogP contribution in [0.3, 0.4) is 0 Å². The lowest BCUT2D eigenvalue weighted by molar-refractivity contribution is 0.345. The first-order valence-corrected chi connectivity index (χ1v) is 13.4. The van der Waals surface area contributed by atoms with Gasteiger partial charge in [-0.3, -0.25) is 0 Å². The van der Waals surface area contributed by atoms with E-state index >= 15 is 0 Å². The lowest BCUT2D eigenvalue weighted by Gasteiger charge is -2.31. The van der Waals surface area contributed by atoms with E-state index < -0.39 is 25.1 Å². The molecule has 0 bridgehead atoms. The van der Waals surface area contributed by atoms with Crippen LogP contribution in [0.4, 0.5) is 0 Å². The average molecular weight is 472 g/mol. The van der Waals surface area contributed by atoms with Crippen LogP contribution in [-0.4, -0.2) is 39.5 Å². The zero-order chi connectivity index (χ0) is 22.8. The van der Waals surface area contributed by atoms with E-state index in [4.69, 9.17) is 4.74 Å². The van der Waals surface area contributed by atoms with Crippen LogP contribution in [0.1, 0.15) is 18.4 Å². The molecule has 0 unspecified atom stereocenters. The number of ether oxygens (including phenoxy) is 1. The van der Waals surface area contributed by atoms with Gasteiger partial charge in [0, 0.05) is 13.1 Å². The molecule has 168 valence electrons. The lowest BCUT2D eigenvalue weighted by Crippen LogP contribution is -2.42. The molecule has 1 aliphatic rings. The van der Waals surface area contributed by atoms with Crippen molar-refractivity contribution in [3.8, 4) is 11.5 Å². The molecule has 8 heteroatoms. The molecule has 1 heterocycles. The van der Waals surface area contributed by atoms with E-state index in [1.807, 2.05) is 31.2 Å². The highest BCUT2D eigenvalue weighted by molar-refractivity contribution is 7.92. The van der Waals surface area contributed by atoms with Gasteiger partial charge in [0.15, 0.2) is 9.84 Å². The Morgan fingerprint density at radius 2 is 1.34 bits per heavy atom. The molecule has 1 fully saturated rings. The Kier molecular flexibility index (Phi) is 6.37. The highest BCUT2D eigenvalue weighted by Crippen LogP contribution is 2.29. The molecule has 3 aromatic carbocycles. The van der Waals surface area contributed by atoms with Gasteiger partial charge in [-0.1, -0.05) is 36.4 Å². The Morgan fingerprint density at radius 3 is 1.97 bits per heavy atom. The number of piperidine rings is 1. The zero-order valence-corrected chi connectivity index (χ0v) is 19.3. The molecule has 3 aromatic rings. The summed E-state index contributed by atoms with van der Waals surface area (Å²) in [4.78, 5) is 0.449. The monoisotopic (exact) mass is 471 g/mol. The van der Waals surface area contributed by atoms with Crippen LogP contribution >= 0.6 is 0 Å². The van der Waals surface area contributed by atoms with E-state index in [0.717, 1.165) is 5.56 Å². The van der Waals surface area contributed by atoms with Gasteiger partial charge in [0.05, 0.1) is 15.0 Å². The summed E-state index contributed by atoms with van der Waals surface area (Å²) < 4.78 is 59.0. The average Bonchev–Trinajstić information content (AvgIpc) is 2.81. The molecule has 0 aliphatic carbocycles. The van der Waals surface area contributed by atoms with Gasteiger partial charge < -0.3 is 4.74 Å². The third-order valence-corrected chi connectivity index (χ3v) is 9.89. The Bertz CT molecular complexity index is 1280. The van der Waals surface area contributed by atoms with Crippen LogP contribution < -0.4 is 4.74 Å². The van der Waals surface area contributed by atoms with Crippen LogP contribution in [0.15, 0.2) is 88.7 Å². The molecule has 0 spiro atoms. The van der Waals surface area contributed by atoms with Gasteiger partial charge >= 0.3 is 0 Å². The molecule has 0 N–H and O–H groups in total. The number of hydrogen-bond acceptors (Lipinski definition) is 5. The molecule has 32 heavy (non-hydrogen) atoms. The molecule has 0 saturated carbocycles. The Morgan fingerprint density at radius 1 is 0.750 bits per heavy atom. The SMILES string of the molecule is Cc1ccccc1Oc1ccc(S(=O)(=O)N2CCC(S(=O)(=O)c3ccccc3)CC2)cc1. The van der Waals surface area contributed by atoms with E-state index in [9.17, 15) is 16.8 Å². The van der Waals surface area contributed by atoms with Crippen molar-refractivity contribution in [2.75, 3.05) is 13.1 Å². The van der Waals surface area contributed by atoms with Crippen LogP contribution in [0.2, 0.25) is 0 Å². The molecule has 0 radical (unpaired) electrons. The van der Waals surface area contributed by atoms with E-state index in [2.05, 4.69) is 0 Å². The second-order valence-corrected chi connectivity index (χ2v) is 12.0. The Balaban J connectivity index is 1.44. The van der Waals surface area contributed by atoms with Gasteiger partial charge in [-0.2, -0.15) is 4.31 Å². The van der Waals surface area contributed by atoms with Crippen molar-refractivity contribution in [2.45, 2.75) is 34.8 Å². The maximum absolute atomic E-state index is 13.1. The van der Waals surface area contributed by atoms with Gasteiger partial charge in [-0.15, -0.1) is 0 Å². The van der Waals surface area contributed by atoms with E-state index in [1.54, 1.807) is 42.5 Å². The van der Waals surface area contributed by atoms with Gasteiger partial charge in [-0.25, -0.2) is 16.8 Å². The van der Waals surface area contributed by atoms with Crippen molar-refractivity contribution in [3.63, 3.8) is 0 Å². The fourth-order valence-electron chi connectivity index (χ4n) is 3.81. The summed E-state index contributed by atoms with van der Waals surface area (Å²) in [5, 5.41) is -0.582. The maximum Gasteiger partial charge on any atom is 0.243 e. The Labute approximate surface area is 189 Å². The minimum absolute atomic E-state index is 0.166. The van der Waals surface area contributed by atoms with Crippen molar-refractivity contribution in [1.82, 2.24) is 4.31 Å². The lowest BCUT2D eigenvalue weighted by atomic mass is 10.2. The fourth-order valence-corrected chi connectivity index (χ4v) is 7.03. The second kappa shape index (κ2) is 9.05. The summed E-state index contributed by atoms with van der Waals surface area (Å²) in [6, 6.07) is 22.2. The number of benzene rings is 3. The number of para-hydroxylation sites is 1. The topological polar surface area (TPSA) is 80.8 Å². The summed E-state index contributed by atoms with van der Waals surface area (Å²) in [6.07, 6.45) is 0.538. The fraction of sp³-hybridized carbons (Fsp3) is 0.250. The van der Waals surface area contributed by atoms with Crippen LogP contribution in [0.5, 0.6) is 11.5 Å². The van der Waals surface area contributed by atoms with Crippen LogP contribution in [0.25, 0.3) is 0 Å². The second-order valence-electron chi connectivity index (χ2n) is 7.80. The van der Waals surface area contributed by atoms with Crippen molar-refractivity contribution >= 4 is 19.9 Å². The van der Waals surface area contributed by atoms with Crippen molar-refractivity contribution in [1.29, 1.82) is 0 Å². The van der Waals surface area contributed by atoms with E-state index in [0.29, 0.717) is 11.5 Å². The molecule has 1 aliphatic heterocycles. The predicted molar refractivity (Wildman–Crippen MR) is 123 cm³/mol. The normalized spacial score (nSPS) is 16.0. The van der Waals surface area contributed by atoms with E-state index in [1.165, 1.54) is 16.4 Å². The molecule has 6 nitrogen and oxygen atoms in total. The quantitative estimate of drug-likeness (QED) is 0.532. The summed E-state index contributed by atoms with van der Waals surface area (Å²) in [5.41, 5.74) is 0.984. The third-order valence-electron chi connectivity index (χ3n) is 5.69. The molecule has 0 aromatic heterocycles. The maximum atomic E-state index is 13.1. The van der Waals surface area contributed by atoms with Crippen LogP contribution in [-0.2, 0) is 19.9 Å². The molecule has 1 saturated heterocycles. The molecule has 0 amide bonds. The summed E-state index contributed by atoms with van der Waals surface area (Å²) >= 11 is 0. The zero-order valence-electron chi connectivity index (χ0n) is 17.7. The summed E-state index contributed by atoms with van der Waals surface area (Å²) in [5.74, 6) is 1.26. The molecular formula is C24H25NO5S2. The minimum Gasteiger partial charge on any atom is -0.457 e. The molecule has 4 rings (SSSR count). The first kappa shape index (κ1) is 22.5. The van der Waals surface area contributed by atoms with Gasteiger partial charge in [0.1, 0.15) is 11.5 Å². The number of sulfone groups is 1. The standard InChI is InChI=1S/C24H25NO5S2/c1-19-7-5-6-10-24(19)30-20-11-13-23(14-12-20)32(28,29)25-17-15-22(16-18-25)31(26,27)21-8-3-2-4-9-21/h2-14,22H,15-18H2,1H3. The van der Waals surface area contributed by atoms with Gasteiger partial charge in [-0.05, 0) is 67.8 Å². The highest BCUT2D eigenvalue weighted by Gasteiger charge is 2.35. The largest absolute Gasteiger partial charge is 0.457 e. The predicted octanol–water partition coefficient (Wildman–Crippen LogP) is 4.41. The van der Waals surface area contributed by atoms with Crippen molar-refractivity contribution in [2.24, 2.45) is 0 Å². The number of nitrogens with zero attached hydrogens (tertiary/aromatic N) is 1. The first-order valence-electron chi connectivity index (χ1n) is 10.4. The smallest absolute Gasteiger partial charge is 0.243 e. The highest BCUT2D eigenvalue weighted by atomic mass is 32.2. The van der Waals surface area contributed by atoms with E-state index in [-0.39, 0.29) is 35.7 Å². The van der Waals surface area contributed by atoms with Gasteiger partial charge in [0.2, 0.25) is 10.0 Å². The van der Waals surface area contributed by atoms with Crippen LogP contribution in [0, 0.1) is 6.92 Å². The number of sulfonamides is 1. The first-order chi connectivity index (χ1) is 15.3. The number of hydrogen-bond donors (Lipinski definition) is 0.